The van der Waals surface area contributed by atoms with Crippen LogP contribution in [0.3, 0.4) is 0 Å². The number of carboxylic acids is 1. The van der Waals surface area contributed by atoms with Gasteiger partial charge in [-0.25, -0.2) is 13.2 Å². The van der Waals surface area contributed by atoms with Gasteiger partial charge in [0, 0.05) is 29.0 Å². The third kappa shape index (κ3) is 2.64. The number of carbonyl (C=O) groups is 1. The number of nitrogens with zero attached hydrogens (tertiary/aromatic N) is 2. The molecule has 2 atom stereocenters. The maximum atomic E-state index is 12.5. The molecule has 0 aromatic carbocycles. The Morgan fingerprint density at radius 3 is 2.84 bits per heavy atom. The molecule has 19 heavy (non-hydrogen) atoms. The van der Waals surface area contributed by atoms with Crippen LogP contribution in [0.5, 0.6) is 0 Å². The Bertz CT molecular complexity index is 583. The number of hydrogen-bond acceptors (Lipinski definition) is 6. The molecular weight excluding hydrogens is 308 g/mol. The number of aromatic nitrogens is 1. The number of aromatic carboxylic acids is 1. The number of hydrogen-bond donors (Lipinski definition) is 1. The normalized spacial score (nSPS) is 25.4. The van der Waals surface area contributed by atoms with Gasteiger partial charge in [0.1, 0.15) is 4.90 Å². The highest BCUT2D eigenvalue weighted by molar-refractivity contribution is 8.00. The van der Waals surface area contributed by atoms with Gasteiger partial charge in [0.05, 0.1) is 0 Å². The molecule has 1 aromatic rings. The lowest BCUT2D eigenvalue weighted by Gasteiger charge is -2.36. The van der Waals surface area contributed by atoms with Gasteiger partial charge >= 0.3 is 5.97 Å². The van der Waals surface area contributed by atoms with Gasteiger partial charge < -0.3 is 5.11 Å². The summed E-state index contributed by atoms with van der Waals surface area (Å²) in [6, 6.07) is -0.162. The fraction of sp³-hybridized carbons (Fsp3) is 0.600. The monoisotopic (exact) mass is 322 g/mol. The van der Waals surface area contributed by atoms with Gasteiger partial charge in [-0.2, -0.15) is 20.4 Å². The van der Waals surface area contributed by atoms with Gasteiger partial charge in [-0.05, 0) is 18.5 Å². The molecule has 0 amide bonds. The van der Waals surface area contributed by atoms with Crippen LogP contribution in [-0.4, -0.2) is 51.8 Å². The van der Waals surface area contributed by atoms with Crippen molar-refractivity contribution in [2.75, 3.05) is 12.3 Å². The molecule has 1 saturated heterocycles. The molecule has 1 fully saturated rings. The highest BCUT2D eigenvalue weighted by Crippen LogP contribution is 2.30. The van der Waals surface area contributed by atoms with Crippen LogP contribution >= 0.6 is 23.3 Å². The third-order valence-corrected chi connectivity index (χ3v) is 7.27. The topological polar surface area (TPSA) is 87.6 Å². The first-order valence-electron chi connectivity index (χ1n) is 5.67. The number of thioether (sulfide) groups is 1. The maximum Gasteiger partial charge on any atom is 0.357 e. The van der Waals surface area contributed by atoms with E-state index >= 15 is 0 Å². The molecule has 0 spiro atoms. The molecule has 106 valence electrons. The fourth-order valence-electron chi connectivity index (χ4n) is 1.93. The molecule has 1 aromatic heterocycles. The minimum absolute atomic E-state index is 0.162. The molecule has 2 unspecified atom stereocenters. The Kier molecular flexibility index (Phi) is 4.19. The van der Waals surface area contributed by atoms with Crippen molar-refractivity contribution < 1.29 is 18.3 Å². The van der Waals surface area contributed by atoms with E-state index in [4.69, 9.17) is 5.11 Å². The average Bonchev–Trinajstić information content (AvgIpc) is 2.82. The van der Waals surface area contributed by atoms with E-state index in [2.05, 4.69) is 4.37 Å². The van der Waals surface area contributed by atoms with Crippen molar-refractivity contribution in [2.24, 2.45) is 0 Å². The van der Waals surface area contributed by atoms with Crippen LogP contribution in [0, 0.1) is 0 Å². The second kappa shape index (κ2) is 5.39. The first-order chi connectivity index (χ1) is 8.85. The standard InChI is InChI=1S/C10H14N2O4S3/c1-6-7(2)17-4-3-12(6)19(15,16)8-5-18-11-9(8)10(13)14/h5-7H,3-4H2,1-2H3,(H,13,14). The van der Waals surface area contributed by atoms with Crippen LogP contribution in [0.15, 0.2) is 10.3 Å². The summed E-state index contributed by atoms with van der Waals surface area (Å²) in [6.45, 7) is 4.21. The first-order valence-corrected chi connectivity index (χ1v) is 8.99. The number of rotatable bonds is 3. The Morgan fingerprint density at radius 2 is 2.21 bits per heavy atom. The van der Waals surface area contributed by atoms with E-state index in [1.54, 1.807) is 11.8 Å². The van der Waals surface area contributed by atoms with E-state index in [0.717, 1.165) is 11.5 Å². The minimum atomic E-state index is -3.79. The lowest BCUT2D eigenvalue weighted by atomic mass is 10.2. The van der Waals surface area contributed by atoms with Crippen LogP contribution in [-0.2, 0) is 10.0 Å². The van der Waals surface area contributed by atoms with Gasteiger partial charge in [-0.15, -0.1) is 0 Å². The zero-order chi connectivity index (χ0) is 14.2. The van der Waals surface area contributed by atoms with Crippen LogP contribution in [0.2, 0.25) is 0 Å². The maximum absolute atomic E-state index is 12.5. The Morgan fingerprint density at radius 1 is 1.53 bits per heavy atom. The van der Waals surface area contributed by atoms with Gasteiger partial charge in [-0.3, -0.25) is 0 Å². The summed E-state index contributed by atoms with van der Waals surface area (Å²) in [6.07, 6.45) is 0. The summed E-state index contributed by atoms with van der Waals surface area (Å²) >= 11 is 2.56. The second-order valence-corrected chi connectivity index (χ2v) is 8.24. The smallest absolute Gasteiger partial charge is 0.357 e. The van der Waals surface area contributed by atoms with Crippen molar-refractivity contribution in [3.63, 3.8) is 0 Å². The molecule has 9 heteroatoms. The van der Waals surface area contributed by atoms with Crippen molar-refractivity contribution in [1.29, 1.82) is 0 Å². The van der Waals surface area contributed by atoms with Crippen LogP contribution < -0.4 is 0 Å². The Balaban J connectivity index is 2.42. The quantitative estimate of drug-likeness (QED) is 0.904. The number of sulfonamides is 1. The van der Waals surface area contributed by atoms with Crippen LogP contribution in [0.1, 0.15) is 24.3 Å². The molecule has 2 rings (SSSR count). The van der Waals surface area contributed by atoms with Crippen molar-refractivity contribution >= 4 is 39.3 Å². The van der Waals surface area contributed by atoms with Crippen LogP contribution in [0.25, 0.3) is 0 Å². The first kappa shape index (κ1) is 14.8. The van der Waals surface area contributed by atoms with Gasteiger partial charge in [0.15, 0.2) is 5.69 Å². The fourth-order valence-corrected chi connectivity index (χ4v) is 6.02. The van der Waals surface area contributed by atoms with E-state index < -0.39 is 16.0 Å². The summed E-state index contributed by atoms with van der Waals surface area (Å²) in [4.78, 5) is 10.8. The molecule has 0 aliphatic carbocycles. The van der Waals surface area contributed by atoms with E-state index in [1.165, 1.54) is 9.69 Å². The summed E-state index contributed by atoms with van der Waals surface area (Å²) in [5.74, 6) is -0.600. The molecular formula is C10H14N2O4S3. The van der Waals surface area contributed by atoms with Gasteiger partial charge in [0.25, 0.3) is 0 Å². The minimum Gasteiger partial charge on any atom is -0.476 e. The predicted octanol–water partition coefficient (Wildman–Crippen LogP) is 1.36. The predicted molar refractivity (Wildman–Crippen MR) is 74.3 cm³/mol. The molecule has 1 aliphatic rings. The van der Waals surface area contributed by atoms with Crippen LogP contribution in [0.4, 0.5) is 0 Å². The van der Waals surface area contributed by atoms with E-state index in [1.807, 2.05) is 13.8 Å². The zero-order valence-corrected chi connectivity index (χ0v) is 12.9. The molecule has 1 aliphatic heterocycles. The molecule has 0 radical (unpaired) electrons. The Hall–Kier alpha value is -0.640. The summed E-state index contributed by atoms with van der Waals surface area (Å²) in [5.41, 5.74) is -0.386. The van der Waals surface area contributed by atoms with Crippen molar-refractivity contribution in [1.82, 2.24) is 8.68 Å². The van der Waals surface area contributed by atoms with E-state index in [9.17, 15) is 13.2 Å². The lowest BCUT2D eigenvalue weighted by Crippen LogP contribution is -2.48. The highest BCUT2D eigenvalue weighted by atomic mass is 32.2. The van der Waals surface area contributed by atoms with Gasteiger partial charge in [-0.1, -0.05) is 6.92 Å². The second-order valence-electron chi connectivity index (χ2n) is 4.26. The largest absolute Gasteiger partial charge is 0.476 e. The molecule has 0 bridgehead atoms. The van der Waals surface area contributed by atoms with Crippen molar-refractivity contribution in [3.05, 3.63) is 11.1 Å². The van der Waals surface area contributed by atoms with E-state index in [-0.39, 0.29) is 21.9 Å². The van der Waals surface area contributed by atoms with E-state index in [0.29, 0.717) is 12.3 Å². The zero-order valence-electron chi connectivity index (χ0n) is 10.4. The average molecular weight is 322 g/mol. The highest BCUT2D eigenvalue weighted by Gasteiger charge is 2.37. The SMILES string of the molecule is CC1SCCN(S(=O)(=O)c2csnc2C(=O)O)C1C. The molecule has 2 heterocycles. The Labute approximate surface area is 120 Å². The number of carboxylic acid groups (broad SMARTS) is 1. The molecule has 0 saturated carbocycles. The van der Waals surface area contributed by atoms with Crippen molar-refractivity contribution in [3.8, 4) is 0 Å². The molecule has 6 nitrogen and oxygen atoms in total. The molecule has 1 N–H and O–H groups in total. The summed E-state index contributed by atoms with van der Waals surface area (Å²) in [5, 5.41) is 10.5. The van der Waals surface area contributed by atoms with Gasteiger partial charge in [0.2, 0.25) is 10.0 Å². The third-order valence-electron chi connectivity index (χ3n) is 3.15. The van der Waals surface area contributed by atoms with Crippen molar-refractivity contribution in [2.45, 2.75) is 30.0 Å². The summed E-state index contributed by atoms with van der Waals surface area (Å²) in [7, 11) is -3.79. The lowest BCUT2D eigenvalue weighted by molar-refractivity contribution is 0.0687. The summed E-state index contributed by atoms with van der Waals surface area (Å²) < 4.78 is 30.1.